The van der Waals surface area contributed by atoms with Gasteiger partial charge in [-0.2, -0.15) is 0 Å². The second-order valence-corrected chi connectivity index (χ2v) is 4.66. The van der Waals surface area contributed by atoms with Gasteiger partial charge >= 0.3 is 0 Å². The highest BCUT2D eigenvalue weighted by atomic mass is 35.5. The van der Waals surface area contributed by atoms with E-state index in [1.807, 2.05) is 44.2 Å². The fourth-order valence-corrected chi connectivity index (χ4v) is 1.88. The molecule has 5 heteroatoms. The summed E-state index contributed by atoms with van der Waals surface area (Å²) >= 11 is 0. The molecule has 4 nitrogen and oxygen atoms in total. The van der Waals surface area contributed by atoms with Crippen LogP contribution in [0.4, 0.5) is 0 Å². The Balaban J connectivity index is 0.00000180. The third kappa shape index (κ3) is 3.98. The second-order valence-electron chi connectivity index (χ2n) is 4.66. The van der Waals surface area contributed by atoms with Gasteiger partial charge in [0.05, 0.1) is 6.04 Å². The molecule has 2 unspecified atom stereocenters. The maximum Gasteiger partial charge on any atom is 0.222 e. The molecular weight excluding hydrogens is 264 g/mol. The molecule has 0 aliphatic heterocycles. The molecule has 2 rings (SSSR count). The molecule has 1 aromatic heterocycles. The lowest BCUT2D eigenvalue weighted by atomic mass is 10.2. The summed E-state index contributed by atoms with van der Waals surface area (Å²) in [5.74, 6) is 0.701. The highest BCUT2D eigenvalue weighted by Gasteiger charge is 2.14. The van der Waals surface area contributed by atoms with Gasteiger partial charge in [0, 0.05) is 17.8 Å². The summed E-state index contributed by atoms with van der Waals surface area (Å²) in [4.78, 5) is 11.6. The Morgan fingerprint density at radius 2 is 2.05 bits per heavy atom. The van der Waals surface area contributed by atoms with Crippen LogP contribution in [0.2, 0.25) is 0 Å². The summed E-state index contributed by atoms with van der Waals surface area (Å²) in [6, 6.07) is 9.45. The zero-order valence-corrected chi connectivity index (χ0v) is 11.9. The number of carbonyl (C=O) groups excluding carboxylic acids is 1. The Morgan fingerprint density at radius 1 is 1.37 bits per heavy atom. The largest absolute Gasteiger partial charge is 0.459 e. The van der Waals surface area contributed by atoms with E-state index in [9.17, 15) is 4.79 Å². The second kappa shape index (κ2) is 6.59. The van der Waals surface area contributed by atoms with Crippen molar-refractivity contribution in [2.75, 3.05) is 0 Å². The van der Waals surface area contributed by atoms with Crippen LogP contribution in [0.1, 0.15) is 32.1 Å². The minimum absolute atomic E-state index is 0. The Kier molecular flexibility index (Phi) is 5.39. The first-order valence-electron chi connectivity index (χ1n) is 6.09. The smallest absolute Gasteiger partial charge is 0.222 e. The molecule has 0 aliphatic rings. The first-order chi connectivity index (χ1) is 8.56. The Labute approximate surface area is 118 Å². The van der Waals surface area contributed by atoms with E-state index in [-0.39, 0.29) is 30.4 Å². The monoisotopic (exact) mass is 282 g/mol. The molecule has 3 N–H and O–H groups in total. The number of nitrogens with one attached hydrogen (secondary N) is 1. The number of fused-ring (bicyclic) bond motifs is 1. The maximum atomic E-state index is 11.6. The summed E-state index contributed by atoms with van der Waals surface area (Å²) in [7, 11) is 0. The molecule has 0 fully saturated rings. The van der Waals surface area contributed by atoms with Crippen LogP contribution in [-0.4, -0.2) is 11.9 Å². The van der Waals surface area contributed by atoms with E-state index in [2.05, 4.69) is 5.32 Å². The van der Waals surface area contributed by atoms with E-state index in [0.717, 1.165) is 16.7 Å². The molecule has 0 saturated carbocycles. The van der Waals surface area contributed by atoms with Gasteiger partial charge < -0.3 is 15.5 Å². The molecule has 0 radical (unpaired) electrons. The lowest BCUT2D eigenvalue weighted by Gasteiger charge is -2.12. The number of hydrogen-bond donors (Lipinski definition) is 2. The molecule has 19 heavy (non-hydrogen) atoms. The van der Waals surface area contributed by atoms with Crippen molar-refractivity contribution in [2.45, 2.75) is 32.4 Å². The molecule has 104 valence electrons. The van der Waals surface area contributed by atoms with Gasteiger partial charge in [0.1, 0.15) is 11.3 Å². The number of amides is 1. The average molecular weight is 283 g/mol. The van der Waals surface area contributed by atoms with Crippen LogP contribution >= 0.6 is 12.4 Å². The number of furan rings is 1. The minimum atomic E-state index is -0.149. The minimum Gasteiger partial charge on any atom is -0.459 e. The van der Waals surface area contributed by atoms with E-state index in [1.165, 1.54) is 0 Å². The first-order valence-corrected chi connectivity index (χ1v) is 6.09. The number of rotatable bonds is 4. The van der Waals surface area contributed by atoms with Crippen LogP contribution in [-0.2, 0) is 4.79 Å². The molecule has 0 saturated heterocycles. The van der Waals surface area contributed by atoms with Crippen molar-refractivity contribution in [3.63, 3.8) is 0 Å². The number of carbonyl (C=O) groups is 1. The Bertz CT molecular complexity index is 518. The molecule has 0 spiro atoms. The molecule has 1 aromatic carbocycles. The van der Waals surface area contributed by atoms with Crippen molar-refractivity contribution in [1.82, 2.24) is 5.32 Å². The van der Waals surface area contributed by atoms with Crippen LogP contribution in [0.5, 0.6) is 0 Å². The normalized spacial score (nSPS) is 13.6. The zero-order valence-electron chi connectivity index (χ0n) is 11.1. The van der Waals surface area contributed by atoms with E-state index < -0.39 is 0 Å². The predicted octanol–water partition coefficient (Wildman–Crippen LogP) is 2.77. The van der Waals surface area contributed by atoms with Crippen molar-refractivity contribution >= 4 is 29.3 Å². The Morgan fingerprint density at radius 3 is 2.68 bits per heavy atom. The van der Waals surface area contributed by atoms with Crippen molar-refractivity contribution in [3.8, 4) is 0 Å². The number of halogens is 1. The lowest BCUT2D eigenvalue weighted by molar-refractivity contribution is -0.122. The lowest BCUT2D eigenvalue weighted by Crippen LogP contribution is -2.31. The van der Waals surface area contributed by atoms with Crippen LogP contribution in [0.3, 0.4) is 0 Å². The molecular formula is C14H19ClN2O2. The van der Waals surface area contributed by atoms with Gasteiger partial charge in [0.25, 0.3) is 0 Å². The molecule has 0 aliphatic carbocycles. The number of para-hydroxylation sites is 1. The molecule has 0 bridgehead atoms. The van der Waals surface area contributed by atoms with Crippen LogP contribution < -0.4 is 11.1 Å². The third-order valence-electron chi connectivity index (χ3n) is 2.76. The van der Waals surface area contributed by atoms with Crippen LogP contribution in [0, 0.1) is 0 Å². The van der Waals surface area contributed by atoms with Gasteiger partial charge in [-0.15, -0.1) is 12.4 Å². The highest BCUT2D eigenvalue weighted by molar-refractivity contribution is 5.85. The highest BCUT2D eigenvalue weighted by Crippen LogP contribution is 2.23. The maximum absolute atomic E-state index is 11.6. The Hall–Kier alpha value is -1.52. The van der Waals surface area contributed by atoms with E-state index in [4.69, 9.17) is 10.2 Å². The standard InChI is InChI=1S/C14H18N2O2.ClH/c1-9(15)7-14(17)16-10(2)13-8-11-5-3-4-6-12(11)18-13;/h3-6,8-10H,7,15H2,1-2H3,(H,16,17);1H. The molecule has 1 heterocycles. The summed E-state index contributed by atoms with van der Waals surface area (Å²) in [5, 5.41) is 3.92. The van der Waals surface area contributed by atoms with Crippen molar-refractivity contribution in [1.29, 1.82) is 0 Å². The summed E-state index contributed by atoms with van der Waals surface area (Å²) in [6.07, 6.45) is 0.324. The number of nitrogens with two attached hydrogens (primary N) is 1. The van der Waals surface area contributed by atoms with Gasteiger partial charge in [-0.05, 0) is 26.0 Å². The molecule has 1 amide bonds. The fraction of sp³-hybridized carbons (Fsp3) is 0.357. The molecule has 2 aromatic rings. The van der Waals surface area contributed by atoms with Crippen LogP contribution in [0.15, 0.2) is 34.7 Å². The number of hydrogen-bond acceptors (Lipinski definition) is 3. The van der Waals surface area contributed by atoms with Gasteiger partial charge in [-0.25, -0.2) is 0 Å². The van der Waals surface area contributed by atoms with Crippen molar-refractivity contribution < 1.29 is 9.21 Å². The van der Waals surface area contributed by atoms with E-state index in [0.29, 0.717) is 6.42 Å². The fourth-order valence-electron chi connectivity index (χ4n) is 1.88. The van der Waals surface area contributed by atoms with Crippen molar-refractivity contribution in [3.05, 3.63) is 36.1 Å². The third-order valence-corrected chi connectivity index (χ3v) is 2.76. The number of benzene rings is 1. The zero-order chi connectivity index (χ0) is 13.1. The molecule has 2 atom stereocenters. The SMILES string of the molecule is CC(N)CC(=O)NC(C)c1cc2ccccc2o1.Cl. The summed E-state index contributed by atoms with van der Waals surface area (Å²) < 4.78 is 5.69. The van der Waals surface area contributed by atoms with Crippen molar-refractivity contribution in [2.24, 2.45) is 5.73 Å². The summed E-state index contributed by atoms with van der Waals surface area (Å²) in [5.41, 5.74) is 6.42. The van der Waals surface area contributed by atoms with Gasteiger partial charge in [-0.1, -0.05) is 18.2 Å². The summed E-state index contributed by atoms with van der Waals surface area (Å²) in [6.45, 7) is 3.71. The van der Waals surface area contributed by atoms with E-state index in [1.54, 1.807) is 0 Å². The van der Waals surface area contributed by atoms with E-state index >= 15 is 0 Å². The topological polar surface area (TPSA) is 68.3 Å². The van der Waals surface area contributed by atoms with Gasteiger partial charge in [-0.3, -0.25) is 4.79 Å². The van der Waals surface area contributed by atoms with Gasteiger partial charge in [0.15, 0.2) is 0 Å². The predicted molar refractivity (Wildman–Crippen MR) is 78.3 cm³/mol. The quantitative estimate of drug-likeness (QED) is 0.906. The average Bonchev–Trinajstić information content (AvgIpc) is 2.71. The first kappa shape index (κ1) is 15.5. The van der Waals surface area contributed by atoms with Crippen LogP contribution in [0.25, 0.3) is 11.0 Å². The van der Waals surface area contributed by atoms with Gasteiger partial charge in [0.2, 0.25) is 5.91 Å².